The fourth-order valence-corrected chi connectivity index (χ4v) is 4.93. The van der Waals surface area contributed by atoms with Crippen LogP contribution in [0.1, 0.15) is 5.56 Å². The summed E-state index contributed by atoms with van der Waals surface area (Å²) in [7, 11) is 0.932. The number of nitrogens with zero attached hydrogens (tertiary/aromatic N) is 1. The first-order valence-corrected chi connectivity index (χ1v) is 12.3. The van der Waals surface area contributed by atoms with Gasteiger partial charge in [0.2, 0.25) is 5.91 Å². The van der Waals surface area contributed by atoms with Crippen LogP contribution in [0.4, 0.5) is 24.5 Å². The molecule has 0 atom stereocenters. The zero-order valence-electron chi connectivity index (χ0n) is 20.8. The van der Waals surface area contributed by atoms with Crippen molar-refractivity contribution >= 4 is 27.3 Å². The smallest absolute Gasteiger partial charge is 0.416 e. The molecule has 0 aliphatic rings. The summed E-state index contributed by atoms with van der Waals surface area (Å²) in [6.45, 7) is -0.841. The number of halogens is 3. The SMILES string of the molecule is COc1ccc(NC(=O)CN(c2cccc(C(F)(F)F)c2)S(=O)(=O)c2ccc(OC)c(OC)c2)cc1OC. The van der Waals surface area contributed by atoms with Crippen molar-refractivity contribution in [1.29, 1.82) is 0 Å². The highest BCUT2D eigenvalue weighted by Crippen LogP contribution is 2.35. The van der Waals surface area contributed by atoms with E-state index >= 15 is 0 Å². The Morgan fingerprint density at radius 2 is 1.39 bits per heavy atom. The summed E-state index contributed by atoms with van der Waals surface area (Å²) in [5.41, 5.74) is -1.19. The molecule has 1 N–H and O–H groups in total. The number of nitrogens with one attached hydrogen (secondary N) is 1. The Hall–Kier alpha value is -4.13. The van der Waals surface area contributed by atoms with E-state index in [-0.39, 0.29) is 27.8 Å². The zero-order chi connectivity index (χ0) is 28.1. The molecule has 0 fully saturated rings. The van der Waals surface area contributed by atoms with Crippen LogP contribution in [-0.4, -0.2) is 49.3 Å². The van der Waals surface area contributed by atoms with Gasteiger partial charge in [0.1, 0.15) is 6.54 Å². The Morgan fingerprint density at radius 1 is 0.816 bits per heavy atom. The van der Waals surface area contributed by atoms with Crippen molar-refractivity contribution in [3.05, 3.63) is 66.2 Å². The van der Waals surface area contributed by atoms with E-state index < -0.39 is 34.2 Å². The van der Waals surface area contributed by atoms with Crippen LogP contribution in [0.5, 0.6) is 23.0 Å². The van der Waals surface area contributed by atoms with Crippen LogP contribution in [0, 0.1) is 0 Å². The third-order valence-corrected chi connectivity index (χ3v) is 7.13. The molecule has 3 aromatic carbocycles. The first-order valence-electron chi connectivity index (χ1n) is 10.9. The fourth-order valence-electron chi connectivity index (χ4n) is 3.50. The molecule has 1 amide bonds. The summed E-state index contributed by atoms with van der Waals surface area (Å²) in [6, 6.07) is 11.8. The molecule has 0 aliphatic carbocycles. The molecule has 0 heterocycles. The van der Waals surface area contributed by atoms with Crippen LogP contribution in [0.3, 0.4) is 0 Å². The molecular weight excluding hydrogens is 529 g/mol. The topological polar surface area (TPSA) is 103 Å². The second kappa shape index (κ2) is 11.5. The number of amides is 1. The molecule has 0 radical (unpaired) electrons. The van der Waals surface area contributed by atoms with E-state index in [4.69, 9.17) is 18.9 Å². The lowest BCUT2D eigenvalue weighted by Crippen LogP contribution is -2.38. The van der Waals surface area contributed by atoms with Gasteiger partial charge < -0.3 is 24.3 Å². The minimum absolute atomic E-state index is 0.0762. The summed E-state index contributed by atoms with van der Waals surface area (Å²) in [5.74, 6) is 0.194. The number of alkyl halides is 3. The van der Waals surface area contributed by atoms with Crippen LogP contribution in [0.2, 0.25) is 0 Å². The van der Waals surface area contributed by atoms with Crippen molar-refractivity contribution in [2.24, 2.45) is 0 Å². The lowest BCUT2D eigenvalue weighted by molar-refractivity contribution is -0.137. The van der Waals surface area contributed by atoms with E-state index in [1.165, 1.54) is 58.8 Å². The molecule has 0 unspecified atom stereocenters. The number of benzene rings is 3. The number of hydrogen-bond donors (Lipinski definition) is 1. The quantitative estimate of drug-likeness (QED) is 0.392. The van der Waals surface area contributed by atoms with Gasteiger partial charge in [-0.1, -0.05) is 6.07 Å². The van der Waals surface area contributed by atoms with Crippen LogP contribution >= 0.6 is 0 Å². The van der Waals surface area contributed by atoms with E-state index in [1.54, 1.807) is 0 Å². The average Bonchev–Trinajstić information content (AvgIpc) is 2.90. The van der Waals surface area contributed by atoms with Gasteiger partial charge in [0.25, 0.3) is 10.0 Å². The van der Waals surface area contributed by atoms with Crippen molar-refractivity contribution in [1.82, 2.24) is 0 Å². The van der Waals surface area contributed by atoms with Gasteiger partial charge in [-0.25, -0.2) is 8.42 Å². The minimum atomic E-state index is -4.74. The number of hydrogen-bond acceptors (Lipinski definition) is 7. The summed E-state index contributed by atoms with van der Waals surface area (Å²) < 4.78 is 88.8. The maximum absolute atomic E-state index is 13.7. The van der Waals surface area contributed by atoms with E-state index in [9.17, 15) is 26.4 Å². The van der Waals surface area contributed by atoms with Crippen molar-refractivity contribution in [2.45, 2.75) is 11.1 Å². The molecule has 13 heteroatoms. The second-order valence-corrected chi connectivity index (χ2v) is 9.56. The lowest BCUT2D eigenvalue weighted by atomic mass is 10.2. The highest BCUT2D eigenvalue weighted by Gasteiger charge is 2.33. The standard InChI is InChI=1S/C25H25F3N2O7S/c1-34-20-10-8-17(13-22(20)36-3)29-24(31)15-30(18-7-5-6-16(12-18)25(26,27)28)38(32,33)19-9-11-21(35-2)23(14-19)37-4/h5-14H,15H2,1-4H3,(H,29,31). The molecule has 0 saturated carbocycles. The number of ether oxygens (including phenoxy) is 4. The van der Waals surface area contributed by atoms with E-state index in [2.05, 4.69) is 5.32 Å². The molecule has 0 aromatic heterocycles. The third kappa shape index (κ3) is 6.22. The number of anilines is 2. The average molecular weight is 555 g/mol. The predicted molar refractivity (Wildman–Crippen MR) is 134 cm³/mol. The van der Waals surface area contributed by atoms with E-state index in [0.29, 0.717) is 21.9 Å². The summed E-state index contributed by atoms with van der Waals surface area (Å²) >= 11 is 0. The van der Waals surface area contributed by atoms with E-state index in [1.807, 2.05) is 0 Å². The Labute approximate surface area is 217 Å². The van der Waals surface area contributed by atoms with Gasteiger partial charge in [-0.2, -0.15) is 13.2 Å². The molecule has 0 spiro atoms. The monoisotopic (exact) mass is 554 g/mol. The molecule has 0 saturated heterocycles. The minimum Gasteiger partial charge on any atom is -0.493 e. The zero-order valence-corrected chi connectivity index (χ0v) is 21.6. The summed E-state index contributed by atoms with van der Waals surface area (Å²) in [6.07, 6.45) is -4.74. The van der Waals surface area contributed by atoms with Crippen LogP contribution in [0.15, 0.2) is 65.6 Å². The molecule has 3 rings (SSSR count). The molecule has 3 aromatic rings. The third-order valence-electron chi connectivity index (χ3n) is 5.36. The van der Waals surface area contributed by atoms with Gasteiger partial charge >= 0.3 is 6.18 Å². The number of carbonyl (C=O) groups is 1. The van der Waals surface area contributed by atoms with Gasteiger partial charge in [-0.05, 0) is 42.5 Å². The molecule has 38 heavy (non-hydrogen) atoms. The van der Waals surface area contributed by atoms with Gasteiger partial charge in [0.05, 0.1) is 44.6 Å². The van der Waals surface area contributed by atoms with Crippen LogP contribution < -0.4 is 28.6 Å². The van der Waals surface area contributed by atoms with E-state index in [0.717, 1.165) is 24.3 Å². The Morgan fingerprint density at radius 3 is 1.97 bits per heavy atom. The van der Waals surface area contributed by atoms with Crippen molar-refractivity contribution in [2.75, 3.05) is 44.6 Å². The van der Waals surface area contributed by atoms with Crippen molar-refractivity contribution in [3.63, 3.8) is 0 Å². The fraction of sp³-hybridized carbons (Fsp3) is 0.240. The molecule has 0 aliphatic heterocycles. The van der Waals surface area contributed by atoms with Crippen molar-refractivity contribution < 1.29 is 45.3 Å². The van der Waals surface area contributed by atoms with Gasteiger partial charge in [0.15, 0.2) is 23.0 Å². The lowest BCUT2D eigenvalue weighted by Gasteiger charge is -2.25. The Kier molecular flexibility index (Phi) is 8.61. The summed E-state index contributed by atoms with van der Waals surface area (Å²) in [4.78, 5) is 12.7. The Balaban J connectivity index is 2.04. The van der Waals surface area contributed by atoms with Gasteiger partial charge in [-0.15, -0.1) is 0 Å². The normalized spacial score (nSPS) is 11.4. The highest BCUT2D eigenvalue weighted by molar-refractivity contribution is 7.92. The first kappa shape index (κ1) is 28.4. The predicted octanol–water partition coefficient (Wildman–Crippen LogP) is 4.57. The van der Waals surface area contributed by atoms with Gasteiger partial charge in [0, 0.05) is 17.8 Å². The molecule has 9 nitrogen and oxygen atoms in total. The molecular formula is C25H25F3N2O7S. The Bertz CT molecular complexity index is 1410. The number of rotatable bonds is 10. The van der Waals surface area contributed by atoms with Crippen molar-refractivity contribution in [3.8, 4) is 23.0 Å². The highest BCUT2D eigenvalue weighted by atomic mass is 32.2. The first-order chi connectivity index (χ1) is 17.9. The number of carbonyl (C=O) groups excluding carboxylic acids is 1. The van der Waals surface area contributed by atoms with Gasteiger partial charge in [-0.3, -0.25) is 9.10 Å². The van der Waals surface area contributed by atoms with Crippen LogP contribution in [0.25, 0.3) is 0 Å². The molecule has 204 valence electrons. The number of sulfonamides is 1. The maximum atomic E-state index is 13.7. The largest absolute Gasteiger partial charge is 0.493 e. The summed E-state index contributed by atoms with van der Waals surface area (Å²) in [5, 5.41) is 2.53. The van der Waals surface area contributed by atoms with Crippen LogP contribution in [-0.2, 0) is 21.0 Å². The number of methoxy groups -OCH3 is 4. The maximum Gasteiger partial charge on any atom is 0.416 e. The second-order valence-electron chi connectivity index (χ2n) is 7.69. The molecule has 0 bridgehead atoms.